The Balaban J connectivity index is 2.15. The van der Waals surface area contributed by atoms with E-state index in [1.807, 2.05) is 54.6 Å². The van der Waals surface area contributed by atoms with Crippen LogP contribution in [0.15, 0.2) is 54.6 Å². The van der Waals surface area contributed by atoms with Crippen molar-refractivity contribution >= 4 is 5.91 Å². The summed E-state index contributed by atoms with van der Waals surface area (Å²) in [5.74, 6) is 0.920. The monoisotopic (exact) mass is 412 g/mol. The fourth-order valence-corrected chi connectivity index (χ4v) is 3.44. The summed E-state index contributed by atoms with van der Waals surface area (Å²) in [6.07, 6.45) is 2.27. The van der Waals surface area contributed by atoms with Gasteiger partial charge in [-0.3, -0.25) is 4.79 Å². The van der Waals surface area contributed by atoms with Crippen molar-refractivity contribution in [1.29, 1.82) is 0 Å². The third-order valence-corrected chi connectivity index (χ3v) is 5.36. The van der Waals surface area contributed by atoms with Crippen LogP contribution in [0, 0.1) is 5.92 Å². The molecule has 2 aromatic rings. The number of carbonyl (C=O) groups excluding carboxylic acids is 1. The summed E-state index contributed by atoms with van der Waals surface area (Å²) in [6, 6.07) is 16.1. The lowest BCUT2D eigenvalue weighted by atomic mass is 9.88. The van der Waals surface area contributed by atoms with Gasteiger partial charge in [0, 0.05) is 0 Å². The molecule has 2 aromatic carbocycles. The predicted octanol–water partition coefficient (Wildman–Crippen LogP) is 4.30. The van der Waals surface area contributed by atoms with Crippen molar-refractivity contribution in [2.45, 2.75) is 64.6 Å². The molecule has 4 N–H and O–H groups in total. The van der Waals surface area contributed by atoms with Gasteiger partial charge in [-0.25, -0.2) is 0 Å². The maximum absolute atomic E-state index is 13.0. The van der Waals surface area contributed by atoms with Crippen molar-refractivity contribution in [2.24, 2.45) is 11.7 Å². The molecule has 0 heterocycles. The molecule has 0 saturated heterocycles. The number of benzene rings is 2. The fraction of sp³-hybridized carbons (Fsp3) is 0.480. The summed E-state index contributed by atoms with van der Waals surface area (Å²) in [5.41, 5.74) is 5.45. The first-order chi connectivity index (χ1) is 14.1. The first kappa shape index (κ1) is 23.9. The highest BCUT2D eigenvalue weighted by atomic mass is 16.5. The van der Waals surface area contributed by atoms with Gasteiger partial charge in [-0.15, -0.1) is 0 Å². The number of nitrogens with one attached hydrogen (secondary N) is 1. The number of rotatable bonds is 10. The molecule has 30 heavy (non-hydrogen) atoms. The average Bonchev–Trinajstić information content (AvgIpc) is 2.71. The molecular weight excluding hydrogens is 376 g/mol. The molecule has 0 saturated carbocycles. The van der Waals surface area contributed by atoms with Crippen LogP contribution < -0.4 is 15.8 Å². The molecule has 3 atom stereocenters. The molecule has 0 aliphatic rings. The largest absolute Gasteiger partial charge is 0.493 e. The third kappa shape index (κ3) is 6.31. The molecule has 5 heteroatoms. The highest BCUT2D eigenvalue weighted by Crippen LogP contribution is 2.29. The summed E-state index contributed by atoms with van der Waals surface area (Å²) in [6.45, 7) is 10.0. The zero-order chi connectivity index (χ0) is 22.4. The average molecular weight is 413 g/mol. The predicted molar refractivity (Wildman–Crippen MR) is 121 cm³/mol. The Morgan fingerprint density at radius 3 is 2.23 bits per heavy atom. The van der Waals surface area contributed by atoms with E-state index in [-0.39, 0.29) is 5.91 Å². The van der Waals surface area contributed by atoms with Crippen molar-refractivity contribution < 1.29 is 14.6 Å². The number of ether oxygens (including phenoxy) is 1. The molecule has 0 aliphatic carbocycles. The van der Waals surface area contributed by atoms with Crippen LogP contribution in [0.1, 0.15) is 64.6 Å². The van der Waals surface area contributed by atoms with Gasteiger partial charge in [-0.1, -0.05) is 62.7 Å². The number of aliphatic hydroxyl groups is 1. The quantitative estimate of drug-likeness (QED) is 0.543. The van der Waals surface area contributed by atoms with Gasteiger partial charge in [0.1, 0.15) is 11.3 Å². The first-order valence-corrected chi connectivity index (χ1v) is 10.7. The minimum Gasteiger partial charge on any atom is -0.493 e. The Bertz CT molecular complexity index is 795. The van der Waals surface area contributed by atoms with Gasteiger partial charge in [0.25, 0.3) is 0 Å². The first-order valence-electron chi connectivity index (χ1n) is 10.7. The van der Waals surface area contributed by atoms with E-state index in [0.717, 1.165) is 24.2 Å². The Morgan fingerprint density at radius 2 is 1.70 bits per heavy atom. The molecule has 1 unspecified atom stereocenters. The van der Waals surface area contributed by atoms with Gasteiger partial charge >= 0.3 is 0 Å². The van der Waals surface area contributed by atoms with Gasteiger partial charge in [-0.2, -0.15) is 0 Å². The number of nitrogens with two attached hydrogens (primary N) is 1. The van der Waals surface area contributed by atoms with Crippen LogP contribution in [0.25, 0.3) is 0 Å². The number of hydrogen-bond acceptors (Lipinski definition) is 4. The number of amides is 1. The van der Waals surface area contributed by atoms with Crippen LogP contribution in [-0.4, -0.2) is 23.2 Å². The van der Waals surface area contributed by atoms with Crippen LogP contribution >= 0.6 is 0 Å². The third-order valence-electron chi connectivity index (χ3n) is 5.36. The molecule has 0 fully saturated rings. The number of hydrogen-bond donors (Lipinski definition) is 3. The molecule has 0 spiro atoms. The summed E-state index contributed by atoms with van der Waals surface area (Å²) in [5, 5.41) is 13.7. The molecule has 0 aromatic heterocycles. The van der Waals surface area contributed by atoms with Gasteiger partial charge < -0.3 is 20.9 Å². The lowest BCUT2D eigenvalue weighted by molar-refractivity contribution is -0.128. The fourth-order valence-electron chi connectivity index (χ4n) is 3.44. The minimum atomic E-state index is -1.22. The van der Waals surface area contributed by atoms with Gasteiger partial charge in [-0.05, 0) is 56.4 Å². The standard InChI is InChI=1S/C25H36N2O3/c1-6-10-18(2)17-30-21-15-13-19(14-16-21)22(24(3,4)29)27-23(28)25(5,26)20-11-8-7-9-12-20/h7-9,11-16,18,22,29H,6,10,17,26H2,1-5H3,(H,27,28)/t18?,22-,25+/m1/s1. The smallest absolute Gasteiger partial charge is 0.244 e. The van der Waals surface area contributed by atoms with Gasteiger partial charge in [0.05, 0.1) is 18.2 Å². The SMILES string of the molecule is CCCC(C)COc1ccc([C@@H](NC(=O)[C@@](C)(N)c2ccccc2)C(C)(C)O)cc1. The second-order valence-electron chi connectivity index (χ2n) is 8.90. The molecular formula is C25H36N2O3. The summed E-state index contributed by atoms with van der Waals surface area (Å²) in [7, 11) is 0. The van der Waals surface area contributed by atoms with Crippen LogP contribution in [0.2, 0.25) is 0 Å². The zero-order valence-electron chi connectivity index (χ0n) is 18.8. The Morgan fingerprint density at radius 1 is 1.10 bits per heavy atom. The van der Waals surface area contributed by atoms with E-state index in [2.05, 4.69) is 19.2 Å². The Labute approximate surface area is 180 Å². The zero-order valence-corrected chi connectivity index (χ0v) is 18.8. The Hall–Kier alpha value is -2.37. The topological polar surface area (TPSA) is 84.6 Å². The van der Waals surface area contributed by atoms with E-state index < -0.39 is 17.2 Å². The van der Waals surface area contributed by atoms with E-state index in [1.165, 1.54) is 0 Å². The van der Waals surface area contributed by atoms with Gasteiger partial charge in [0.15, 0.2) is 0 Å². The molecule has 0 bridgehead atoms. The van der Waals surface area contributed by atoms with Gasteiger partial charge in [0.2, 0.25) is 5.91 Å². The molecule has 0 radical (unpaired) electrons. The van der Waals surface area contributed by atoms with Crippen molar-refractivity contribution in [3.8, 4) is 5.75 Å². The maximum atomic E-state index is 13.0. The van der Waals surface area contributed by atoms with Crippen molar-refractivity contribution in [2.75, 3.05) is 6.61 Å². The lowest BCUT2D eigenvalue weighted by Gasteiger charge is -2.34. The molecule has 5 nitrogen and oxygen atoms in total. The molecule has 1 amide bonds. The highest BCUT2D eigenvalue weighted by molar-refractivity contribution is 5.87. The molecule has 164 valence electrons. The van der Waals surface area contributed by atoms with E-state index in [1.54, 1.807) is 20.8 Å². The van der Waals surface area contributed by atoms with Crippen molar-refractivity contribution in [3.63, 3.8) is 0 Å². The van der Waals surface area contributed by atoms with Crippen LogP contribution in [-0.2, 0) is 10.3 Å². The van der Waals surface area contributed by atoms with Crippen LogP contribution in [0.3, 0.4) is 0 Å². The van der Waals surface area contributed by atoms with E-state index in [0.29, 0.717) is 18.1 Å². The maximum Gasteiger partial charge on any atom is 0.244 e. The number of carbonyl (C=O) groups is 1. The van der Waals surface area contributed by atoms with E-state index >= 15 is 0 Å². The summed E-state index contributed by atoms with van der Waals surface area (Å²) >= 11 is 0. The second kappa shape index (κ2) is 10.1. The van der Waals surface area contributed by atoms with Crippen LogP contribution in [0.4, 0.5) is 0 Å². The normalized spacial score (nSPS) is 15.7. The lowest BCUT2D eigenvalue weighted by Crippen LogP contribution is -2.53. The summed E-state index contributed by atoms with van der Waals surface area (Å²) in [4.78, 5) is 13.0. The molecule has 2 rings (SSSR count). The van der Waals surface area contributed by atoms with E-state index in [4.69, 9.17) is 10.5 Å². The highest BCUT2D eigenvalue weighted by Gasteiger charge is 2.36. The van der Waals surface area contributed by atoms with Crippen molar-refractivity contribution in [3.05, 3.63) is 65.7 Å². The second-order valence-corrected chi connectivity index (χ2v) is 8.90. The minimum absolute atomic E-state index is 0.352. The summed E-state index contributed by atoms with van der Waals surface area (Å²) < 4.78 is 5.86. The van der Waals surface area contributed by atoms with Crippen molar-refractivity contribution in [1.82, 2.24) is 5.32 Å². The molecule has 0 aliphatic heterocycles. The van der Waals surface area contributed by atoms with E-state index in [9.17, 15) is 9.90 Å². The Kier molecular flexibility index (Phi) is 8.04. The van der Waals surface area contributed by atoms with Crippen LogP contribution in [0.5, 0.6) is 5.75 Å².